The Balaban J connectivity index is 1.31. The third kappa shape index (κ3) is 7.06. The van der Waals surface area contributed by atoms with Crippen molar-refractivity contribution >= 4 is 44.1 Å². The molecule has 7 heteroatoms. The van der Waals surface area contributed by atoms with Crippen molar-refractivity contribution in [3.8, 4) is 0 Å². The molecule has 0 aliphatic heterocycles. The van der Waals surface area contributed by atoms with Crippen molar-refractivity contribution in [1.29, 1.82) is 0 Å². The number of ketones is 1. The number of allylic oxidation sites excluding steroid dienone is 2. The van der Waals surface area contributed by atoms with E-state index in [1.165, 1.54) is 16.9 Å². The summed E-state index contributed by atoms with van der Waals surface area (Å²) in [6, 6.07) is 30.4. The van der Waals surface area contributed by atoms with E-state index in [-0.39, 0.29) is 24.9 Å². The highest BCUT2D eigenvalue weighted by Gasteiger charge is 2.57. The van der Waals surface area contributed by atoms with Gasteiger partial charge >= 0.3 is 6.09 Å². The zero-order chi connectivity index (χ0) is 36.5. The Morgan fingerprint density at radius 2 is 1.71 bits per heavy atom. The van der Waals surface area contributed by atoms with E-state index in [2.05, 4.69) is 50.3 Å². The second kappa shape index (κ2) is 15.0. The van der Waals surface area contributed by atoms with Crippen LogP contribution >= 0.6 is 11.3 Å². The van der Waals surface area contributed by atoms with E-state index in [1.807, 2.05) is 60.7 Å². The maximum atomic E-state index is 14.6. The fraction of sp³-hybridized carbons (Fsp3) is 0.378. The predicted octanol–water partition coefficient (Wildman–Crippen LogP) is 9.98. The van der Waals surface area contributed by atoms with Crippen LogP contribution in [0.3, 0.4) is 0 Å². The Morgan fingerprint density at radius 3 is 2.52 bits per heavy atom. The van der Waals surface area contributed by atoms with E-state index in [9.17, 15) is 19.8 Å². The van der Waals surface area contributed by atoms with Crippen LogP contribution in [0.1, 0.15) is 97.1 Å². The van der Waals surface area contributed by atoms with Crippen LogP contribution in [0.4, 0.5) is 4.79 Å². The third-order valence-electron chi connectivity index (χ3n) is 11.8. The van der Waals surface area contributed by atoms with E-state index in [0.29, 0.717) is 49.1 Å². The lowest BCUT2D eigenvalue weighted by Gasteiger charge is -2.46. The molecular formula is C45H49NO5S. The third-order valence-corrected chi connectivity index (χ3v) is 12.9. The lowest BCUT2D eigenvalue weighted by molar-refractivity contribution is -0.0820. The highest BCUT2D eigenvalue weighted by molar-refractivity contribution is 7.21. The number of fused-ring (bicyclic) bond motifs is 10. The van der Waals surface area contributed by atoms with Gasteiger partial charge in [0, 0.05) is 22.2 Å². The molecule has 0 radical (unpaired) electrons. The van der Waals surface area contributed by atoms with Crippen LogP contribution in [0.5, 0.6) is 0 Å². The molecule has 8 rings (SSSR count). The van der Waals surface area contributed by atoms with Crippen LogP contribution in [0.2, 0.25) is 0 Å². The van der Waals surface area contributed by atoms with Crippen molar-refractivity contribution in [2.24, 2.45) is 5.41 Å². The van der Waals surface area contributed by atoms with Gasteiger partial charge in [-0.05, 0) is 116 Å². The smallest absolute Gasteiger partial charge is 0.410 e. The van der Waals surface area contributed by atoms with E-state index < -0.39 is 23.2 Å². The number of thiophene rings is 1. The van der Waals surface area contributed by atoms with E-state index in [0.717, 1.165) is 50.4 Å². The van der Waals surface area contributed by atoms with Gasteiger partial charge in [-0.1, -0.05) is 91.4 Å². The Kier molecular flexibility index (Phi) is 10.4. The fourth-order valence-electron chi connectivity index (χ4n) is 8.77. The molecule has 270 valence electrons. The number of benzene rings is 4. The summed E-state index contributed by atoms with van der Waals surface area (Å²) < 4.78 is 6.68. The SMILES string of the molecule is CCOC(=O)N(Cc1cccc2ccccc12)CC1(O)CCC2c3ccc(cc3C(=O)c3cc4ccccc4s3)CC(O)CCC(C)=CCCC21C. The second-order valence-corrected chi connectivity index (χ2v) is 16.2. The number of aliphatic hydroxyl groups excluding tert-OH is 1. The van der Waals surface area contributed by atoms with Crippen molar-refractivity contribution < 1.29 is 24.5 Å². The topological polar surface area (TPSA) is 87.1 Å². The molecule has 0 spiro atoms. The maximum Gasteiger partial charge on any atom is 0.410 e. The van der Waals surface area contributed by atoms with Crippen molar-refractivity contribution in [2.75, 3.05) is 13.2 Å². The standard InChI is InChI=1S/C45H49NO5S/c1-4-51-43(49)46(28-34-15-9-14-32-12-5-7-16-36(32)34)29-45(50)24-22-39-37-21-19-31(25-35(47)20-18-30(2)11-10-23-44(39,45)3)26-38(37)42(48)41-27-33-13-6-8-17-40(33)52-41/h5-9,11-17,19,21,26-27,35,39,47,50H,4,10,18,20,22-25,28-29H2,1-3H3. The summed E-state index contributed by atoms with van der Waals surface area (Å²) in [5.74, 6) is -0.180. The van der Waals surface area contributed by atoms with Gasteiger partial charge in [-0.2, -0.15) is 0 Å². The molecule has 5 aromatic rings. The van der Waals surface area contributed by atoms with Crippen LogP contribution in [0, 0.1) is 5.41 Å². The molecule has 4 atom stereocenters. The lowest BCUT2D eigenvalue weighted by atomic mass is 9.64. The summed E-state index contributed by atoms with van der Waals surface area (Å²) in [5, 5.41) is 27.3. The van der Waals surface area contributed by atoms with Crippen molar-refractivity contribution in [3.63, 3.8) is 0 Å². The molecule has 1 heterocycles. The number of ether oxygens (including phenoxy) is 1. The first-order valence-electron chi connectivity index (χ1n) is 18.7. The Labute approximate surface area is 310 Å². The number of amides is 1. The molecule has 3 aliphatic rings. The average Bonchev–Trinajstić information content (AvgIpc) is 3.68. The van der Waals surface area contributed by atoms with Crippen LogP contribution in [0.15, 0.2) is 103 Å². The molecule has 1 amide bonds. The molecular weight excluding hydrogens is 667 g/mol. The molecule has 2 bridgehead atoms. The van der Waals surface area contributed by atoms with Crippen LogP contribution < -0.4 is 0 Å². The molecule has 6 nitrogen and oxygen atoms in total. The van der Waals surface area contributed by atoms with Gasteiger partial charge in [0.2, 0.25) is 5.78 Å². The van der Waals surface area contributed by atoms with Gasteiger partial charge in [0.15, 0.2) is 0 Å². The van der Waals surface area contributed by atoms with Gasteiger partial charge in [0.1, 0.15) is 0 Å². The number of carbonyl (C=O) groups is 2. The first-order chi connectivity index (χ1) is 25.1. The summed E-state index contributed by atoms with van der Waals surface area (Å²) in [5.41, 5.74) is 2.75. The molecule has 4 unspecified atom stereocenters. The van der Waals surface area contributed by atoms with E-state index >= 15 is 0 Å². The minimum Gasteiger partial charge on any atom is -0.450 e. The number of carbonyl (C=O) groups excluding carboxylic acids is 2. The van der Waals surface area contributed by atoms with E-state index in [4.69, 9.17) is 4.74 Å². The van der Waals surface area contributed by atoms with E-state index in [1.54, 1.807) is 11.8 Å². The molecule has 1 aromatic heterocycles. The Morgan fingerprint density at radius 1 is 0.942 bits per heavy atom. The fourth-order valence-corrected chi connectivity index (χ4v) is 9.79. The van der Waals surface area contributed by atoms with Gasteiger partial charge < -0.3 is 19.8 Å². The van der Waals surface area contributed by atoms with Gasteiger partial charge in [-0.25, -0.2) is 4.79 Å². The summed E-state index contributed by atoms with van der Waals surface area (Å²) in [7, 11) is 0. The average molecular weight is 716 g/mol. The first-order valence-corrected chi connectivity index (χ1v) is 19.5. The Hall–Kier alpha value is -4.30. The van der Waals surface area contributed by atoms with Crippen LogP contribution in [-0.4, -0.2) is 51.8 Å². The lowest BCUT2D eigenvalue weighted by Crippen LogP contribution is -2.53. The van der Waals surface area contributed by atoms with Gasteiger partial charge in [0.05, 0.1) is 29.7 Å². The first kappa shape index (κ1) is 36.1. The number of hydrogen-bond acceptors (Lipinski definition) is 6. The van der Waals surface area contributed by atoms with Gasteiger partial charge in [-0.3, -0.25) is 4.79 Å². The van der Waals surface area contributed by atoms with Gasteiger partial charge in [-0.15, -0.1) is 11.3 Å². The van der Waals surface area contributed by atoms with Gasteiger partial charge in [0.25, 0.3) is 0 Å². The van der Waals surface area contributed by atoms with Crippen LogP contribution in [0.25, 0.3) is 20.9 Å². The monoisotopic (exact) mass is 715 g/mol. The number of rotatable bonds is 7. The largest absolute Gasteiger partial charge is 0.450 e. The summed E-state index contributed by atoms with van der Waals surface area (Å²) in [6.45, 7) is 6.72. The molecule has 3 aliphatic carbocycles. The zero-order valence-corrected chi connectivity index (χ0v) is 31.3. The minimum atomic E-state index is -1.26. The summed E-state index contributed by atoms with van der Waals surface area (Å²) in [4.78, 5) is 30.7. The highest BCUT2D eigenvalue weighted by Crippen LogP contribution is 2.59. The molecule has 52 heavy (non-hydrogen) atoms. The number of nitrogens with zero attached hydrogens (tertiary/aromatic N) is 1. The molecule has 4 aromatic carbocycles. The quantitative estimate of drug-likeness (QED) is 0.129. The zero-order valence-electron chi connectivity index (χ0n) is 30.4. The molecule has 2 N–H and O–H groups in total. The van der Waals surface area contributed by atoms with Crippen LogP contribution in [-0.2, 0) is 17.7 Å². The normalized spacial score (nSPS) is 23.6. The number of aliphatic hydroxyl groups is 2. The van der Waals surface area contributed by atoms with Crippen molar-refractivity contribution in [2.45, 2.75) is 89.9 Å². The Bertz CT molecular complexity index is 2100. The molecule has 1 saturated carbocycles. The highest BCUT2D eigenvalue weighted by atomic mass is 32.1. The predicted molar refractivity (Wildman–Crippen MR) is 210 cm³/mol. The maximum absolute atomic E-state index is 14.6. The minimum absolute atomic E-state index is 0.0303. The molecule has 1 fully saturated rings. The van der Waals surface area contributed by atoms with Crippen molar-refractivity contribution in [3.05, 3.63) is 130 Å². The number of hydrogen-bond donors (Lipinski definition) is 2. The summed E-state index contributed by atoms with van der Waals surface area (Å²) >= 11 is 1.50. The molecule has 0 saturated heterocycles. The second-order valence-electron chi connectivity index (χ2n) is 15.1. The van der Waals surface area contributed by atoms with Crippen molar-refractivity contribution in [1.82, 2.24) is 4.90 Å². The summed E-state index contributed by atoms with van der Waals surface area (Å²) in [6.07, 6.45) is 5.69.